The number of ether oxygens (including phenoxy) is 3. The summed E-state index contributed by atoms with van der Waals surface area (Å²) in [4.78, 5) is 27.8. The predicted octanol–water partition coefficient (Wildman–Crippen LogP) is 5.29. The molecule has 2 amide bonds. The van der Waals surface area contributed by atoms with Crippen molar-refractivity contribution in [3.05, 3.63) is 40.4 Å². The molecule has 11 nitrogen and oxygen atoms in total. The number of imide groups is 1. The van der Waals surface area contributed by atoms with Crippen LogP contribution in [0.25, 0.3) is 11.0 Å². The molecule has 2 N–H and O–H groups in total. The lowest BCUT2D eigenvalue weighted by Crippen LogP contribution is -2.36. The van der Waals surface area contributed by atoms with Crippen LogP contribution in [0, 0.1) is 11.3 Å². The molecular formula is C23H22Cl2N6O5. The molecule has 2 aromatic carbocycles. The van der Waals surface area contributed by atoms with Gasteiger partial charge >= 0.3 is 6.09 Å². The number of imidazole rings is 1. The van der Waals surface area contributed by atoms with Crippen LogP contribution in [-0.2, 0) is 9.53 Å². The van der Waals surface area contributed by atoms with E-state index in [1.54, 1.807) is 38.3 Å². The summed E-state index contributed by atoms with van der Waals surface area (Å²) in [5.41, 5.74) is 3.72. The molecule has 0 aliphatic heterocycles. The van der Waals surface area contributed by atoms with E-state index in [9.17, 15) is 9.59 Å². The first-order chi connectivity index (χ1) is 17.2. The van der Waals surface area contributed by atoms with E-state index < -0.39 is 17.7 Å². The van der Waals surface area contributed by atoms with Crippen LogP contribution in [0.1, 0.15) is 26.8 Å². The Morgan fingerprint density at radius 1 is 1.22 bits per heavy atom. The Morgan fingerprint density at radius 2 is 1.92 bits per heavy atom. The molecule has 0 unspecified atom stereocenters. The zero-order chi connectivity index (χ0) is 26.4. The molecule has 0 aliphatic carbocycles. The number of aromatic nitrogens is 2. The minimum absolute atomic E-state index is 0.0607. The van der Waals surface area contributed by atoms with Gasteiger partial charge in [0, 0.05) is 12.1 Å². The van der Waals surface area contributed by atoms with Gasteiger partial charge in [-0.25, -0.2) is 4.79 Å². The monoisotopic (exact) mass is 532 g/mol. The van der Waals surface area contributed by atoms with E-state index >= 15 is 0 Å². The van der Waals surface area contributed by atoms with Gasteiger partial charge in [-0.05, 0) is 45.0 Å². The number of rotatable bonds is 8. The Balaban J connectivity index is 1.82. The van der Waals surface area contributed by atoms with Crippen molar-refractivity contribution in [3.63, 3.8) is 0 Å². The van der Waals surface area contributed by atoms with E-state index in [-0.39, 0.29) is 34.1 Å². The number of carbonyl (C=O) groups is 2. The molecular weight excluding hydrogens is 511 g/mol. The molecule has 0 saturated heterocycles. The number of amides is 2. The highest BCUT2D eigenvalue weighted by Gasteiger charge is 2.18. The van der Waals surface area contributed by atoms with Crippen LogP contribution in [0.5, 0.6) is 17.5 Å². The van der Waals surface area contributed by atoms with Gasteiger partial charge < -0.3 is 14.2 Å². The third-order valence-electron chi connectivity index (χ3n) is 4.65. The lowest BCUT2D eigenvalue weighted by Gasteiger charge is -2.13. The average Bonchev–Trinajstić information content (AvgIpc) is 3.20. The molecule has 1 heterocycles. The topological polar surface area (TPSA) is 140 Å². The van der Waals surface area contributed by atoms with Crippen molar-refractivity contribution in [1.29, 1.82) is 5.26 Å². The number of fused-ring (bicyclic) bond motifs is 1. The highest BCUT2D eigenvalue weighted by Crippen LogP contribution is 2.40. The first-order valence-electron chi connectivity index (χ1n) is 10.6. The SMILES string of the molecule is CCOC(=O)NC(=O)/C(C#N)=N/Nc1cc(Cl)c(Oc2ccc3nc(OC)n(C(C)C)c3c2)c(Cl)c1. The summed E-state index contributed by atoms with van der Waals surface area (Å²) in [5.74, 6) is -0.375. The van der Waals surface area contributed by atoms with Crippen LogP contribution >= 0.6 is 23.2 Å². The fraction of sp³-hybridized carbons (Fsp3) is 0.261. The molecule has 0 aliphatic rings. The number of halogens is 2. The summed E-state index contributed by atoms with van der Waals surface area (Å²) in [7, 11) is 1.56. The number of hydrazone groups is 1. The van der Waals surface area contributed by atoms with E-state index in [2.05, 4.69) is 20.2 Å². The van der Waals surface area contributed by atoms with Crippen LogP contribution in [0.4, 0.5) is 10.5 Å². The maximum atomic E-state index is 12.0. The number of benzene rings is 2. The van der Waals surface area contributed by atoms with Crippen LogP contribution in [0.2, 0.25) is 10.0 Å². The lowest BCUT2D eigenvalue weighted by atomic mass is 10.2. The maximum absolute atomic E-state index is 12.0. The van der Waals surface area contributed by atoms with Gasteiger partial charge in [0.15, 0.2) is 5.75 Å². The van der Waals surface area contributed by atoms with Gasteiger partial charge in [-0.1, -0.05) is 23.2 Å². The third kappa shape index (κ3) is 5.97. The second-order valence-electron chi connectivity index (χ2n) is 7.44. The van der Waals surface area contributed by atoms with E-state index in [0.29, 0.717) is 11.8 Å². The fourth-order valence-corrected chi connectivity index (χ4v) is 3.73. The van der Waals surface area contributed by atoms with Crippen molar-refractivity contribution in [2.75, 3.05) is 19.1 Å². The highest BCUT2D eigenvalue weighted by atomic mass is 35.5. The Labute approximate surface area is 216 Å². The quantitative estimate of drug-likeness (QED) is 0.294. The molecule has 3 aromatic rings. The van der Waals surface area contributed by atoms with Gasteiger partial charge in [-0.2, -0.15) is 15.3 Å². The summed E-state index contributed by atoms with van der Waals surface area (Å²) in [6, 6.07) is 10.4. The lowest BCUT2D eigenvalue weighted by molar-refractivity contribution is -0.114. The van der Waals surface area contributed by atoms with Gasteiger partial charge in [0.25, 0.3) is 11.9 Å². The number of hydrogen-bond donors (Lipinski definition) is 2. The van der Waals surface area contributed by atoms with Gasteiger partial charge in [-0.3, -0.25) is 20.1 Å². The number of nitrogens with zero attached hydrogens (tertiary/aromatic N) is 4. The van der Waals surface area contributed by atoms with E-state index in [0.717, 1.165) is 11.0 Å². The number of nitriles is 1. The fourth-order valence-electron chi connectivity index (χ4n) is 3.16. The van der Waals surface area contributed by atoms with Crippen molar-refractivity contribution >= 4 is 57.6 Å². The molecule has 0 spiro atoms. The molecule has 1 aromatic heterocycles. The molecule has 0 saturated carbocycles. The first-order valence-corrected chi connectivity index (χ1v) is 11.4. The number of carbonyl (C=O) groups excluding carboxylic acids is 2. The zero-order valence-electron chi connectivity index (χ0n) is 19.8. The molecule has 36 heavy (non-hydrogen) atoms. The number of alkyl carbamates (subject to hydrolysis) is 1. The average molecular weight is 533 g/mol. The van der Waals surface area contributed by atoms with Crippen molar-refractivity contribution in [1.82, 2.24) is 14.9 Å². The molecule has 0 radical (unpaired) electrons. The second kappa shape index (κ2) is 11.6. The third-order valence-corrected chi connectivity index (χ3v) is 5.22. The minimum atomic E-state index is -1.03. The van der Waals surface area contributed by atoms with E-state index in [4.69, 9.17) is 37.9 Å². The number of methoxy groups -OCH3 is 1. The molecule has 3 rings (SSSR count). The van der Waals surface area contributed by atoms with Crippen LogP contribution in [0.3, 0.4) is 0 Å². The smallest absolute Gasteiger partial charge is 0.414 e. The molecule has 0 fully saturated rings. The Morgan fingerprint density at radius 3 is 2.50 bits per heavy atom. The van der Waals surface area contributed by atoms with Gasteiger partial charge in [0.05, 0.1) is 40.5 Å². The number of anilines is 1. The Hall–Kier alpha value is -4.01. The largest absolute Gasteiger partial charge is 0.468 e. The van der Waals surface area contributed by atoms with Crippen molar-refractivity contribution in [2.45, 2.75) is 26.8 Å². The normalized spacial score (nSPS) is 11.2. The van der Waals surface area contributed by atoms with Crippen molar-refractivity contribution < 1.29 is 23.8 Å². The zero-order valence-corrected chi connectivity index (χ0v) is 21.3. The van der Waals surface area contributed by atoms with E-state index in [1.807, 2.05) is 23.7 Å². The van der Waals surface area contributed by atoms with Crippen LogP contribution in [-0.4, -0.2) is 41.0 Å². The second-order valence-corrected chi connectivity index (χ2v) is 8.26. The summed E-state index contributed by atoms with van der Waals surface area (Å²) in [6.45, 7) is 5.65. The predicted molar refractivity (Wildman–Crippen MR) is 135 cm³/mol. The maximum Gasteiger partial charge on any atom is 0.414 e. The van der Waals surface area contributed by atoms with Gasteiger partial charge in [-0.15, -0.1) is 0 Å². The minimum Gasteiger partial charge on any atom is -0.468 e. The first kappa shape index (κ1) is 26.6. The molecule has 0 bridgehead atoms. The van der Waals surface area contributed by atoms with Crippen molar-refractivity contribution in [2.24, 2.45) is 5.10 Å². The van der Waals surface area contributed by atoms with Crippen LogP contribution in [0.15, 0.2) is 35.4 Å². The highest BCUT2D eigenvalue weighted by molar-refractivity contribution is 6.47. The van der Waals surface area contributed by atoms with E-state index in [1.165, 1.54) is 12.1 Å². The molecule has 13 heteroatoms. The summed E-state index contributed by atoms with van der Waals surface area (Å²) in [5, 5.41) is 15.0. The van der Waals surface area contributed by atoms with Gasteiger partial charge in [0.2, 0.25) is 5.71 Å². The van der Waals surface area contributed by atoms with Gasteiger partial charge in [0.1, 0.15) is 11.8 Å². The summed E-state index contributed by atoms with van der Waals surface area (Å²) >= 11 is 12.8. The molecule has 188 valence electrons. The van der Waals surface area contributed by atoms with Crippen molar-refractivity contribution in [3.8, 4) is 23.6 Å². The Bertz CT molecular complexity index is 1360. The summed E-state index contributed by atoms with van der Waals surface area (Å²) in [6.07, 6.45) is -0.994. The molecule has 0 atom stereocenters. The van der Waals surface area contributed by atoms with Crippen LogP contribution < -0.4 is 20.2 Å². The summed E-state index contributed by atoms with van der Waals surface area (Å²) < 4.78 is 17.9. The number of nitrogens with one attached hydrogen (secondary N) is 2. The number of hydrogen-bond acceptors (Lipinski definition) is 9. The Kier molecular flexibility index (Phi) is 8.58. The standard InChI is InChI=1S/C23H22Cl2N6O5/c1-5-35-23(33)28-21(32)18(11-26)30-29-13-8-15(24)20(16(25)9-13)36-14-6-7-17-19(10-14)31(12(2)3)22(27-17)34-4/h6-10,12,29H,5H2,1-4H3,(H,28,32,33)/b30-18+.